The number of benzene rings is 1. The molecule has 35 heavy (non-hydrogen) atoms. The molecular weight excluding hydrogens is 450 g/mol. The Morgan fingerprint density at radius 3 is 2.69 bits per heavy atom. The van der Waals surface area contributed by atoms with E-state index in [4.69, 9.17) is 14.0 Å². The van der Waals surface area contributed by atoms with Crippen molar-refractivity contribution in [2.24, 2.45) is 5.92 Å². The Kier molecular flexibility index (Phi) is 6.39. The monoisotopic (exact) mass is 483 g/mol. The SMILES string of the molecule is CC(C)(C)OC(=O)NC1CC(Cc2nnc([C@@H]3CC[C@H]4CN3C(=O)N4OCc3ccccc3)o2)C1. The molecule has 1 aromatic carbocycles. The van der Waals surface area contributed by atoms with Crippen molar-refractivity contribution in [2.75, 3.05) is 6.54 Å². The molecule has 5 rings (SSSR count). The molecule has 2 bridgehead atoms. The van der Waals surface area contributed by atoms with E-state index in [1.165, 1.54) is 5.06 Å². The van der Waals surface area contributed by atoms with Gasteiger partial charge in [-0.05, 0) is 57.9 Å². The zero-order valence-corrected chi connectivity index (χ0v) is 20.5. The standard InChI is InChI=1S/C25H33N5O5/c1-25(2,3)35-23(31)26-18-11-17(12-18)13-21-27-28-22(34-21)20-10-9-19-14-29(20)24(32)30(19)33-15-16-7-5-4-6-8-16/h4-8,17-20H,9-15H2,1-3H3,(H,26,31)/t17?,18?,19-,20-/m0/s1. The summed E-state index contributed by atoms with van der Waals surface area (Å²) < 4.78 is 11.3. The first-order valence-corrected chi connectivity index (χ1v) is 12.3. The van der Waals surface area contributed by atoms with Crippen LogP contribution in [0.1, 0.15) is 69.8 Å². The van der Waals surface area contributed by atoms with Crippen LogP contribution >= 0.6 is 0 Å². The second-order valence-corrected chi connectivity index (χ2v) is 10.7. The maximum Gasteiger partial charge on any atom is 0.407 e. The maximum absolute atomic E-state index is 13.0. The van der Waals surface area contributed by atoms with Crippen molar-refractivity contribution < 1.29 is 23.6 Å². The number of ether oxygens (including phenoxy) is 1. The van der Waals surface area contributed by atoms with Crippen molar-refractivity contribution in [3.05, 3.63) is 47.7 Å². The molecule has 3 aliphatic rings. The van der Waals surface area contributed by atoms with Gasteiger partial charge in [-0.2, -0.15) is 5.06 Å². The van der Waals surface area contributed by atoms with E-state index < -0.39 is 5.60 Å². The number of amides is 3. The van der Waals surface area contributed by atoms with Gasteiger partial charge in [0.05, 0.1) is 6.04 Å². The zero-order chi connectivity index (χ0) is 24.6. The van der Waals surface area contributed by atoms with Gasteiger partial charge in [-0.15, -0.1) is 10.2 Å². The number of aromatic nitrogens is 2. The third-order valence-electron chi connectivity index (χ3n) is 6.72. The summed E-state index contributed by atoms with van der Waals surface area (Å²) in [5.74, 6) is 1.43. The van der Waals surface area contributed by atoms with Crippen LogP contribution in [0.4, 0.5) is 9.59 Å². The normalized spacial score (nSPS) is 26.0. The van der Waals surface area contributed by atoms with Crippen LogP contribution in [-0.4, -0.2) is 56.5 Å². The molecule has 3 heterocycles. The number of nitrogens with zero attached hydrogens (tertiary/aromatic N) is 4. The lowest BCUT2D eigenvalue weighted by Crippen LogP contribution is -2.46. The van der Waals surface area contributed by atoms with Crippen LogP contribution in [0.15, 0.2) is 34.7 Å². The molecule has 0 radical (unpaired) electrons. The van der Waals surface area contributed by atoms with E-state index >= 15 is 0 Å². The Balaban J connectivity index is 1.11. The van der Waals surface area contributed by atoms with Gasteiger partial charge in [0, 0.05) is 19.0 Å². The van der Waals surface area contributed by atoms with E-state index in [1.807, 2.05) is 51.1 Å². The first-order valence-electron chi connectivity index (χ1n) is 12.3. The highest BCUT2D eigenvalue weighted by Crippen LogP contribution is 2.38. The average Bonchev–Trinajstić information content (AvgIpc) is 3.34. The van der Waals surface area contributed by atoms with Crippen molar-refractivity contribution >= 4 is 12.1 Å². The van der Waals surface area contributed by atoms with Gasteiger partial charge < -0.3 is 19.4 Å². The number of piperidine rings is 1. The predicted molar refractivity (Wildman–Crippen MR) is 125 cm³/mol. The van der Waals surface area contributed by atoms with Crippen LogP contribution in [-0.2, 0) is 22.6 Å². The van der Waals surface area contributed by atoms with Crippen LogP contribution in [0.5, 0.6) is 0 Å². The smallest absolute Gasteiger partial charge is 0.407 e. The fourth-order valence-corrected chi connectivity index (χ4v) is 5.00. The fraction of sp³-hybridized carbons (Fsp3) is 0.600. The van der Waals surface area contributed by atoms with Crippen molar-refractivity contribution in [3.8, 4) is 0 Å². The van der Waals surface area contributed by atoms with Gasteiger partial charge in [-0.25, -0.2) is 9.59 Å². The van der Waals surface area contributed by atoms with Gasteiger partial charge >= 0.3 is 12.1 Å². The highest BCUT2D eigenvalue weighted by molar-refractivity contribution is 5.77. The van der Waals surface area contributed by atoms with Gasteiger partial charge in [0.15, 0.2) is 0 Å². The van der Waals surface area contributed by atoms with E-state index in [1.54, 1.807) is 4.90 Å². The Morgan fingerprint density at radius 2 is 1.94 bits per heavy atom. The summed E-state index contributed by atoms with van der Waals surface area (Å²) >= 11 is 0. The summed E-state index contributed by atoms with van der Waals surface area (Å²) in [4.78, 5) is 32.6. The highest BCUT2D eigenvalue weighted by atomic mass is 16.7. The lowest BCUT2D eigenvalue weighted by Gasteiger charge is -2.35. The van der Waals surface area contributed by atoms with Gasteiger partial charge in [0.2, 0.25) is 11.8 Å². The van der Waals surface area contributed by atoms with E-state index in [2.05, 4.69) is 15.5 Å². The van der Waals surface area contributed by atoms with Crippen molar-refractivity contribution in [3.63, 3.8) is 0 Å². The third-order valence-corrected chi connectivity index (χ3v) is 6.72. The predicted octanol–water partition coefficient (Wildman–Crippen LogP) is 3.99. The lowest BCUT2D eigenvalue weighted by atomic mass is 9.78. The van der Waals surface area contributed by atoms with E-state index in [0.717, 1.165) is 31.2 Å². The van der Waals surface area contributed by atoms with E-state index in [-0.39, 0.29) is 30.2 Å². The molecule has 1 N–H and O–H groups in total. The molecule has 3 fully saturated rings. The average molecular weight is 484 g/mol. The molecule has 1 aliphatic carbocycles. The molecule has 2 atom stereocenters. The Hall–Kier alpha value is -3.14. The molecule has 1 saturated carbocycles. The molecular formula is C25H33N5O5. The van der Waals surface area contributed by atoms with Gasteiger partial charge in [-0.3, -0.25) is 4.84 Å². The van der Waals surface area contributed by atoms with E-state index in [9.17, 15) is 9.59 Å². The fourth-order valence-electron chi connectivity index (χ4n) is 5.00. The second-order valence-electron chi connectivity index (χ2n) is 10.7. The molecule has 10 nitrogen and oxygen atoms in total. The molecule has 0 unspecified atom stereocenters. The molecule has 2 saturated heterocycles. The second kappa shape index (κ2) is 9.49. The number of nitrogens with one attached hydrogen (secondary N) is 1. The largest absolute Gasteiger partial charge is 0.444 e. The number of alkyl carbamates (subject to hydrolysis) is 1. The van der Waals surface area contributed by atoms with Gasteiger partial charge in [-0.1, -0.05) is 30.3 Å². The minimum absolute atomic E-state index is 0.0363. The maximum atomic E-state index is 13.0. The summed E-state index contributed by atoms with van der Waals surface area (Å²) in [5, 5.41) is 12.9. The van der Waals surface area contributed by atoms with Crippen molar-refractivity contribution in [1.82, 2.24) is 25.5 Å². The molecule has 2 aromatic rings. The first kappa shape index (κ1) is 23.6. The number of urea groups is 1. The molecule has 188 valence electrons. The summed E-state index contributed by atoms with van der Waals surface area (Å²) in [6, 6.07) is 9.59. The van der Waals surface area contributed by atoms with Crippen LogP contribution in [0.3, 0.4) is 0 Å². The topological polar surface area (TPSA) is 110 Å². The Bertz CT molecular complexity index is 1050. The molecule has 1 aromatic heterocycles. The molecule has 2 aliphatic heterocycles. The number of carbonyl (C=O) groups excluding carboxylic acids is 2. The van der Waals surface area contributed by atoms with Crippen molar-refractivity contribution in [1.29, 1.82) is 0 Å². The number of hydrogen-bond donors (Lipinski definition) is 1. The quantitative estimate of drug-likeness (QED) is 0.634. The minimum atomic E-state index is -0.506. The summed E-state index contributed by atoms with van der Waals surface area (Å²) in [5.41, 5.74) is 0.517. The van der Waals surface area contributed by atoms with E-state index in [0.29, 0.717) is 37.3 Å². The molecule has 0 spiro atoms. The van der Waals surface area contributed by atoms with Crippen LogP contribution in [0.25, 0.3) is 0 Å². The first-order chi connectivity index (χ1) is 16.7. The summed E-state index contributed by atoms with van der Waals surface area (Å²) in [6.45, 7) is 6.50. The number of hydroxylamine groups is 2. The highest BCUT2D eigenvalue weighted by Gasteiger charge is 2.47. The molecule has 10 heteroatoms. The number of fused-ring (bicyclic) bond motifs is 2. The summed E-state index contributed by atoms with van der Waals surface area (Å²) in [7, 11) is 0. The number of hydrogen-bond acceptors (Lipinski definition) is 7. The summed E-state index contributed by atoms with van der Waals surface area (Å²) in [6.07, 6.45) is 3.55. The van der Waals surface area contributed by atoms with Gasteiger partial charge in [0.25, 0.3) is 0 Å². The zero-order valence-electron chi connectivity index (χ0n) is 20.5. The number of rotatable bonds is 7. The van der Waals surface area contributed by atoms with Crippen LogP contribution in [0, 0.1) is 5.92 Å². The third kappa shape index (κ3) is 5.42. The lowest BCUT2D eigenvalue weighted by molar-refractivity contribution is -0.140. The number of carbonyl (C=O) groups is 2. The molecule has 3 amide bonds. The minimum Gasteiger partial charge on any atom is -0.444 e. The van der Waals surface area contributed by atoms with Crippen molar-refractivity contribution in [2.45, 2.75) is 83.2 Å². The van der Waals surface area contributed by atoms with Crippen LogP contribution in [0.2, 0.25) is 0 Å². The Labute approximate surface area is 204 Å². The van der Waals surface area contributed by atoms with Crippen LogP contribution < -0.4 is 5.32 Å². The Morgan fingerprint density at radius 1 is 1.17 bits per heavy atom. The van der Waals surface area contributed by atoms with Gasteiger partial charge in [0.1, 0.15) is 18.2 Å².